The van der Waals surface area contributed by atoms with Crippen molar-refractivity contribution in [1.29, 1.82) is 0 Å². The van der Waals surface area contributed by atoms with Gasteiger partial charge in [0.2, 0.25) is 0 Å². The first kappa shape index (κ1) is 25.8. The Bertz CT molecular complexity index is 1300. The molecule has 0 aliphatic rings. The Morgan fingerprint density at radius 2 is 1.60 bits per heavy atom. The second-order valence-electron chi connectivity index (χ2n) is 7.09. The largest absolute Gasteiger partial charge is 0.454 e. The van der Waals surface area contributed by atoms with Crippen LogP contribution in [-0.4, -0.2) is 37.3 Å². The minimum atomic E-state index is -4.65. The number of para-hydroxylation sites is 2. The molecule has 0 aliphatic heterocycles. The molecule has 4 N–H and O–H groups in total. The molecule has 4 aromatic rings. The van der Waals surface area contributed by atoms with Crippen molar-refractivity contribution >= 4 is 11.0 Å². The van der Waals surface area contributed by atoms with Gasteiger partial charge in [0, 0.05) is 12.6 Å². The molecule has 0 amide bonds. The zero-order chi connectivity index (χ0) is 25.8. The van der Waals surface area contributed by atoms with Gasteiger partial charge in [-0.1, -0.05) is 24.3 Å². The highest BCUT2D eigenvalue weighted by atomic mass is 19.4. The number of benzene rings is 2. The van der Waals surface area contributed by atoms with Gasteiger partial charge in [0.1, 0.15) is 11.6 Å². The van der Waals surface area contributed by atoms with E-state index in [1.54, 1.807) is 23.7 Å². The first-order valence-electron chi connectivity index (χ1n) is 9.85. The fraction of sp³-hybridized carbons (Fsp3) is 0.238. The number of aromatic nitrogens is 5. The molecule has 4 rings (SSSR count). The molecule has 0 radical (unpaired) electrons. The molecule has 0 saturated carbocycles. The molecule has 186 valence electrons. The number of alkyl halides is 6. The number of hydrogen-bond donors (Lipinski definition) is 2. The number of hydrazine groups is 1. The molecule has 35 heavy (non-hydrogen) atoms. The van der Waals surface area contributed by atoms with Crippen molar-refractivity contribution in [2.45, 2.75) is 18.8 Å². The summed E-state index contributed by atoms with van der Waals surface area (Å²) in [6.45, 7) is -1.66. The predicted molar refractivity (Wildman–Crippen MR) is 114 cm³/mol. The lowest BCUT2D eigenvalue weighted by Crippen LogP contribution is -2.21. The number of rotatable bonds is 5. The molecule has 14 heteroatoms. The third kappa shape index (κ3) is 6.42. The number of hydrogen-bond acceptors (Lipinski definition) is 7. The van der Waals surface area contributed by atoms with Crippen LogP contribution < -0.4 is 16.4 Å². The molecule has 0 spiro atoms. The lowest BCUT2D eigenvalue weighted by molar-refractivity contribution is -0.154. The molecular formula is C21H19F6N7O. The third-order valence-corrected chi connectivity index (χ3v) is 4.67. The lowest BCUT2D eigenvalue weighted by Gasteiger charge is -2.11. The highest BCUT2D eigenvalue weighted by Crippen LogP contribution is 2.32. The van der Waals surface area contributed by atoms with Gasteiger partial charge in [0.15, 0.2) is 12.4 Å². The van der Waals surface area contributed by atoms with E-state index in [9.17, 15) is 26.3 Å². The van der Waals surface area contributed by atoms with Crippen molar-refractivity contribution in [3.63, 3.8) is 0 Å². The minimum absolute atomic E-state index is 0.00649. The average molecular weight is 499 g/mol. The Morgan fingerprint density at radius 1 is 0.886 bits per heavy atom. The number of halogens is 6. The van der Waals surface area contributed by atoms with Gasteiger partial charge in [-0.05, 0) is 24.3 Å². The van der Waals surface area contributed by atoms with Crippen molar-refractivity contribution in [1.82, 2.24) is 24.5 Å². The Balaban J connectivity index is 0.00000167. The standard InChI is InChI=1S/C21H15F6N5O.H4N2/c1-32-15-8-3-2-7-14(15)28-17(32)10-16-29-18(31-19(30-16)33-11-20(22,23)24)12-5-4-6-13(9-12)21(25,26)27;1-2/h2-9H,10-11H2,1H3;1-2H2. The topological polar surface area (TPSA) is 118 Å². The summed E-state index contributed by atoms with van der Waals surface area (Å²) in [7, 11) is 1.75. The second-order valence-corrected chi connectivity index (χ2v) is 7.09. The van der Waals surface area contributed by atoms with Crippen molar-refractivity contribution in [3.05, 3.63) is 65.7 Å². The fourth-order valence-corrected chi connectivity index (χ4v) is 3.15. The molecule has 0 atom stereocenters. The van der Waals surface area contributed by atoms with Crippen LogP contribution in [0, 0.1) is 0 Å². The molecule has 2 heterocycles. The van der Waals surface area contributed by atoms with Crippen LogP contribution in [-0.2, 0) is 19.6 Å². The van der Waals surface area contributed by atoms with Gasteiger partial charge in [0.05, 0.1) is 23.0 Å². The molecule has 2 aromatic carbocycles. The summed E-state index contributed by atoms with van der Waals surface area (Å²) in [4.78, 5) is 16.4. The summed E-state index contributed by atoms with van der Waals surface area (Å²) >= 11 is 0. The SMILES string of the molecule is Cn1c(Cc2nc(OCC(F)(F)F)nc(-c3cccc(C(F)(F)F)c3)n2)nc2ccccc21.NN. The van der Waals surface area contributed by atoms with Crippen LogP contribution in [0.4, 0.5) is 26.3 Å². The van der Waals surface area contributed by atoms with E-state index >= 15 is 0 Å². The maximum absolute atomic E-state index is 13.1. The minimum Gasteiger partial charge on any atom is -0.454 e. The van der Waals surface area contributed by atoms with E-state index < -0.39 is 30.5 Å². The number of nitrogens with zero attached hydrogens (tertiary/aromatic N) is 5. The van der Waals surface area contributed by atoms with Crippen LogP contribution in [0.5, 0.6) is 6.01 Å². The van der Waals surface area contributed by atoms with Crippen molar-refractivity contribution < 1.29 is 31.1 Å². The van der Waals surface area contributed by atoms with E-state index in [4.69, 9.17) is 0 Å². The van der Waals surface area contributed by atoms with Crippen LogP contribution in [0.15, 0.2) is 48.5 Å². The summed E-state index contributed by atoms with van der Waals surface area (Å²) in [5.74, 6) is 8.24. The Kier molecular flexibility index (Phi) is 7.55. The first-order valence-corrected chi connectivity index (χ1v) is 9.85. The Morgan fingerprint density at radius 3 is 2.26 bits per heavy atom. The van der Waals surface area contributed by atoms with Gasteiger partial charge < -0.3 is 9.30 Å². The molecule has 2 aromatic heterocycles. The highest BCUT2D eigenvalue weighted by Gasteiger charge is 2.31. The summed E-state index contributed by atoms with van der Waals surface area (Å²) in [5, 5.41) is 0. The highest BCUT2D eigenvalue weighted by molar-refractivity contribution is 5.75. The van der Waals surface area contributed by atoms with Gasteiger partial charge in [-0.2, -0.15) is 36.3 Å². The first-order chi connectivity index (χ1) is 16.5. The number of nitrogens with two attached hydrogens (primary N) is 2. The molecule has 8 nitrogen and oxygen atoms in total. The molecule has 0 fully saturated rings. The molecule has 0 saturated heterocycles. The summed E-state index contributed by atoms with van der Waals surface area (Å²) in [5.41, 5.74) is 0.509. The van der Waals surface area contributed by atoms with Gasteiger partial charge in [-0.15, -0.1) is 0 Å². The second kappa shape index (κ2) is 10.2. The van der Waals surface area contributed by atoms with Gasteiger partial charge >= 0.3 is 18.4 Å². The molecule has 0 aliphatic carbocycles. The van der Waals surface area contributed by atoms with Crippen molar-refractivity contribution in [2.75, 3.05) is 6.61 Å². The fourth-order valence-electron chi connectivity index (χ4n) is 3.15. The van der Waals surface area contributed by atoms with E-state index in [-0.39, 0.29) is 23.6 Å². The normalized spacial score (nSPS) is 11.8. The zero-order valence-corrected chi connectivity index (χ0v) is 18.1. The van der Waals surface area contributed by atoms with E-state index in [0.717, 1.165) is 23.7 Å². The van der Waals surface area contributed by atoms with Crippen molar-refractivity contribution in [2.24, 2.45) is 18.7 Å². The van der Waals surface area contributed by atoms with Gasteiger partial charge in [-0.3, -0.25) is 11.7 Å². The van der Waals surface area contributed by atoms with Crippen LogP contribution >= 0.6 is 0 Å². The number of ether oxygens (including phenoxy) is 1. The van der Waals surface area contributed by atoms with Crippen LogP contribution in [0.2, 0.25) is 0 Å². The Labute approximate surface area is 194 Å². The molecule has 0 unspecified atom stereocenters. The monoisotopic (exact) mass is 499 g/mol. The maximum Gasteiger partial charge on any atom is 0.422 e. The van der Waals surface area contributed by atoms with Crippen LogP contribution in [0.1, 0.15) is 17.2 Å². The third-order valence-electron chi connectivity index (χ3n) is 4.67. The van der Waals surface area contributed by atoms with E-state index in [1.165, 1.54) is 6.07 Å². The summed E-state index contributed by atoms with van der Waals surface area (Å²) in [6, 6.07) is 10.8. The molecule has 0 bridgehead atoms. The van der Waals surface area contributed by atoms with Gasteiger partial charge in [0.25, 0.3) is 0 Å². The van der Waals surface area contributed by atoms with E-state index in [1.807, 2.05) is 12.1 Å². The van der Waals surface area contributed by atoms with Gasteiger partial charge in [-0.25, -0.2) is 9.97 Å². The number of aryl methyl sites for hydroxylation is 1. The maximum atomic E-state index is 13.1. The Hall–Kier alpha value is -3.78. The summed E-state index contributed by atoms with van der Waals surface area (Å²) < 4.78 is 83.7. The number of imidazole rings is 1. The average Bonchev–Trinajstić information content (AvgIpc) is 3.13. The molecular weight excluding hydrogens is 480 g/mol. The lowest BCUT2D eigenvalue weighted by atomic mass is 10.1. The quantitative estimate of drug-likeness (QED) is 0.244. The predicted octanol–water partition coefficient (Wildman–Crippen LogP) is 3.79. The van der Waals surface area contributed by atoms with Crippen LogP contribution in [0.25, 0.3) is 22.4 Å². The summed E-state index contributed by atoms with van der Waals surface area (Å²) in [6.07, 6.45) is -9.28. The zero-order valence-electron chi connectivity index (χ0n) is 18.1. The smallest absolute Gasteiger partial charge is 0.422 e. The van der Waals surface area contributed by atoms with Crippen LogP contribution in [0.3, 0.4) is 0 Å². The van der Waals surface area contributed by atoms with Crippen molar-refractivity contribution in [3.8, 4) is 17.4 Å². The van der Waals surface area contributed by atoms with E-state index in [2.05, 4.69) is 36.4 Å². The van der Waals surface area contributed by atoms with E-state index in [0.29, 0.717) is 11.3 Å². The number of fused-ring (bicyclic) bond motifs is 1.